The van der Waals surface area contributed by atoms with Crippen LogP contribution in [-0.2, 0) is 17.9 Å². The molecule has 3 aromatic carbocycles. The molecule has 11 heteroatoms. The summed E-state index contributed by atoms with van der Waals surface area (Å²) in [6.45, 7) is 0.816. The number of methoxy groups -OCH3 is 2. The molecule has 1 aromatic heterocycles. The van der Waals surface area contributed by atoms with Crippen LogP contribution in [0.25, 0.3) is 0 Å². The molecule has 0 radical (unpaired) electrons. The van der Waals surface area contributed by atoms with Crippen molar-refractivity contribution in [2.24, 2.45) is 0 Å². The van der Waals surface area contributed by atoms with Gasteiger partial charge in [0.1, 0.15) is 28.1 Å². The SMILES string of the molecule is COc1ccc(CNC(=O)c2nc(C3CCCN3C(=O)OCc3ccccc3)sc2NC(=O)c2ccccc2)c(OC)c1. The molecule has 43 heavy (non-hydrogen) atoms. The van der Waals surface area contributed by atoms with Crippen LogP contribution < -0.4 is 20.1 Å². The highest BCUT2D eigenvalue weighted by Crippen LogP contribution is 2.38. The second kappa shape index (κ2) is 13.8. The summed E-state index contributed by atoms with van der Waals surface area (Å²) in [7, 11) is 3.11. The van der Waals surface area contributed by atoms with E-state index in [1.807, 2.05) is 36.4 Å². The minimum absolute atomic E-state index is 0.0706. The fraction of sp³-hybridized carbons (Fsp3) is 0.250. The van der Waals surface area contributed by atoms with Gasteiger partial charge >= 0.3 is 6.09 Å². The smallest absolute Gasteiger partial charge is 0.410 e. The third-order valence-corrected chi connectivity index (χ3v) is 8.11. The summed E-state index contributed by atoms with van der Waals surface area (Å²) in [5.41, 5.74) is 2.14. The molecule has 1 fully saturated rings. The third-order valence-electron chi connectivity index (χ3n) is 7.03. The zero-order valence-electron chi connectivity index (χ0n) is 23.9. The Morgan fingerprint density at radius 3 is 2.42 bits per heavy atom. The molecule has 2 heterocycles. The quantitative estimate of drug-likeness (QED) is 0.236. The van der Waals surface area contributed by atoms with E-state index < -0.39 is 12.0 Å². The normalized spacial score (nSPS) is 14.2. The number of ether oxygens (including phenoxy) is 3. The van der Waals surface area contributed by atoms with Crippen molar-refractivity contribution in [1.29, 1.82) is 0 Å². The van der Waals surface area contributed by atoms with Gasteiger partial charge in [-0.05, 0) is 42.7 Å². The van der Waals surface area contributed by atoms with Crippen molar-refractivity contribution in [1.82, 2.24) is 15.2 Å². The first-order valence-corrected chi connectivity index (χ1v) is 14.6. The van der Waals surface area contributed by atoms with Gasteiger partial charge in [0.2, 0.25) is 0 Å². The van der Waals surface area contributed by atoms with Gasteiger partial charge in [0.25, 0.3) is 11.8 Å². The van der Waals surface area contributed by atoms with E-state index in [0.717, 1.165) is 17.5 Å². The highest BCUT2D eigenvalue weighted by atomic mass is 32.1. The van der Waals surface area contributed by atoms with Gasteiger partial charge in [-0.3, -0.25) is 14.5 Å². The molecule has 1 saturated heterocycles. The lowest BCUT2D eigenvalue weighted by Gasteiger charge is -2.22. The van der Waals surface area contributed by atoms with E-state index in [4.69, 9.17) is 14.2 Å². The Morgan fingerprint density at radius 1 is 0.953 bits per heavy atom. The van der Waals surface area contributed by atoms with Crippen molar-refractivity contribution in [2.75, 3.05) is 26.1 Å². The van der Waals surface area contributed by atoms with Crippen LogP contribution in [0.2, 0.25) is 0 Å². The molecule has 0 bridgehead atoms. The number of hydrogen-bond donors (Lipinski definition) is 2. The van der Waals surface area contributed by atoms with Crippen LogP contribution in [0.15, 0.2) is 78.9 Å². The Bertz CT molecular complexity index is 1580. The first kappa shape index (κ1) is 29.6. The van der Waals surface area contributed by atoms with Crippen LogP contribution in [0.5, 0.6) is 11.5 Å². The number of benzene rings is 3. The number of thiazole rings is 1. The lowest BCUT2D eigenvalue weighted by atomic mass is 10.2. The zero-order valence-corrected chi connectivity index (χ0v) is 24.7. The maximum absolute atomic E-state index is 13.5. The molecule has 0 saturated carbocycles. The van der Waals surface area contributed by atoms with Crippen molar-refractivity contribution >= 4 is 34.2 Å². The number of nitrogens with zero attached hydrogens (tertiary/aromatic N) is 2. The fourth-order valence-electron chi connectivity index (χ4n) is 4.78. The molecule has 222 valence electrons. The minimum atomic E-state index is -0.472. The van der Waals surface area contributed by atoms with E-state index in [0.29, 0.717) is 40.0 Å². The molecular formula is C32H32N4O6S. The van der Waals surface area contributed by atoms with Gasteiger partial charge < -0.3 is 24.8 Å². The van der Waals surface area contributed by atoms with E-state index in [-0.39, 0.29) is 30.8 Å². The summed E-state index contributed by atoms with van der Waals surface area (Å²) >= 11 is 1.18. The summed E-state index contributed by atoms with van der Waals surface area (Å²) in [4.78, 5) is 45.9. The van der Waals surface area contributed by atoms with Crippen LogP contribution in [-0.4, -0.2) is 48.6 Å². The third kappa shape index (κ3) is 7.12. The molecule has 1 aliphatic heterocycles. The molecule has 5 rings (SSSR count). The maximum atomic E-state index is 13.5. The Hall–Kier alpha value is -4.90. The predicted octanol–water partition coefficient (Wildman–Crippen LogP) is 5.82. The Morgan fingerprint density at radius 2 is 1.70 bits per heavy atom. The van der Waals surface area contributed by atoms with Crippen LogP contribution in [0.1, 0.15) is 55.9 Å². The van der Waals surface area contributed by atoms with Crippen molar-refractivity contribution < 1.29 is 28.6 Å². The first-order valence-electron chi connectivity index (χ1n) is 13.8. The maximum Gasteiger partial charge on any atom is 0.410 e. The fourth-order valence-corrected chi connectivity index (χ4v) is 5.89. The lowest BCUT2D eigenvalue weighted by Crippen LogP contribution is -2.31. The van der Waals surface area contributed by atoms with Crippen molar-refractivity contribution in [3.8, 4) is 11.5 Å². The number of nitrogens with one attached hydrogen (secondary N) is 2. The number of rotatable bonds is 10. The van der Waals surface area contributed by atoms with E-state index in [2.05, 4.69) is 15.6 Å². The van der Waals surface area contributed by atoms with Gasteiger partial charge in [-0.2, -0.15) is 0 Å². The molecule has 10 nitrogen and oxygen atoms in total. The highest BCUT2D eigenvalue weighted by Gasteiger charge is 2.35. The second-order valence-electron chi connectivity index (χ2n) is 9.80. The van der Waals surface area contributed by atoms with Crippen LogP contribution in [0.4, 0.5) is 9.80 Å². The van der Waals surface area contributed by atoms with Gasteiger partial charge in [0, 0.05) is 30.3 Å². The Kier molecular flexibility index (Phi) is 9.52. The predicted molar refractivity (Wildman–Crippen MR) is 163 cm³/mol. The number of carbonyl (C=O) groups excluding carboxylic acids is 3. The monoisotopic (exact) mass is 600 g/mol. The minimum Gasteiger partial charge on any atom is -0.497 e. The molecule has 0 spiro atoms. The summed E-state index contributed by atoms with van der Waals surface area (Å²) in [6.07, 6.45) is 0.966. The average molecular weight is 601 g/mol. The average Bonchev–Trinajstić information content (AvgIpc) is 3.71. The van der Waals surface area contributed by atoms with E-state index in [9.17, 15) is 14.4 Å². The Balaban J connectivity index is 1.37. The lowest BCUT2D eigenvalue weighted by molar-refractivity contribution is 0.0919. The van der Waals surface area contributed by atoms with Crippen molar-refractivity contribution in [2.45, 2.75) is 32.0 Å². The van der Waals surface area contributed by atoms with Crippen LogP contribution in [0.3, 0.4) is 0 Å². The number of likely N-dealkylation sites (tertiary alicyclic amines) is 1. The molecule has 4 aromatic rings. The molecule has 2 N–H and O–H groups in total. The zero-order chi connectivity index (χ0) is 30.2. The molecule has 1 aliphatic rings. The van der Waals surface area contributed by atoms with Crippen molar-refractivity contribution in [3.05, 3.63) is 106 Å². The molecule has 1 unspecified atom stereocenters. The summed E-state index contributed by atoms with van der Waals surface area (Å²) in [5.74, 6) is 0.351. The van der Waals surface area contributed by atoms with Crippen molar-refractivity contribution in [3.63, 3.8) is 0 Å². The number of hydrogen-bond acceptors (Lipinski definition) is 8. The van der Waals surface area contributed by atoms with E-state index in [1.54, 1.807) is 61.6 Å². The summed E-state index contributed by atoms with van der Waals surface area (Å²) in [6, 6.07) is 23.1. The van der Waals surface area contributed by atoms with Gasteiger partial charge in [-0.15, -0.1) is 0 Å². The standard InChI is InChI=1S/C32H32N4O6S/c1-40-24-16-15-23(26(18-24)41-2)19-33-29(38)27-31(35-28(37)22-12-7-4-8-13-22)43-30(34-27)25-14-9-17-36(25)32(39)42-20-21-10-5-3-6-11-21/h3-8,10-13,15-16,18,25H,9,14,17,19-20H2,1-2H3,(H,33,38)(H,35,37). The van der Waals surface area contributed by atoms with Gasteiger partial charge in [0.15, 0.2) is 5.69 Å². The number of carbonyl (C=O) groups is 3. The molecule has 3 amide bonds. The Labute approximate surface area is 253 Å². The number of aromatic nitrogens is 1. The van der Waals surface area contributed by atoms with Gasteiger partial charge in [0.05, 0.1) is 20.3 Å². The topological polar surface area (TPSA) is 119 Å². The largest absolute Gasteiger partial charge is 0.497 e. The van der Waals surface area contributed by atoms with Gasteiger partial charge in [-0.1, -0.05) is 59.9 Å². The van der Waals surface area contributed by atoms with Crippen LogP contribution in [0, 0.1) is 0 Å². The second-order valence-corrected chi connectivity index (χ2v) is 10.8. The number of anilines is 1. The summed E-state index contributed by atoms with van der Waals surface area (Å²) in [5, 5.41) is 6.59. The first-order chi connectivity index (χ1) is 21.0. The van der Waals surface area contributed by atoms with E-state index in [1.165, 1.54) is 11.3 Å². The molecule has 1 atom stereocenters. The molecule has 0 aliphatic carbocycles. The van der Waals surface area contributed by atoms with Crippen LogP contribution >= 0.6 is 11.3 Å². The number of amides is 3. The highest BCUT2D eigenvalue weighted by molar-refractivity contribution is 7.16. The van der Waals surface area contributed by atoms with E-state index >= 15 is 0 Å². The summed E-state index contributed by atoms with van der Waals surface area (Å²) < 4.78 is 16.3. The molecular weight excluding hydrogens is 568 g/mol. The van der Waals surface area contributed by atoms with Gasteiger partial charge in [-0.25, -0.2) is 9.78 Å².